The Hall–Kier alpha value is -0.0100. The Bertz CT molecular complexity index is 191. The highest BCUT2D eigenvalue weighted by atomic mass is 35.5. The Morgan fingerprint density at radius 1 is 1.23 bits per heavy atom. The summed E-state index contributed by atoms with van der Waals surface area (Å²) in [7, 11) is 0. The summed E-state index contributed by atoms with van der Waals surface area (Å²) in [5.74, 6) is 0.998. The summed E-state index contributed by atoms with van der Waals surface area (Å²) in [5.41, 5.74) is 1.65. The standard InChI is InChI=1S/C11H18ClN/c12-7-3-8-13-9-6-10-4-1-2-5-11(10)13/h3,7,10-11H,1-2,4-6,8-9H2/b7-3+. The van der Waals surface area contributed by atoms with Crippen LogP contribution in [0.5, 0.6) is 0 Å². The van der Waals surface area contributed by atoms with Gasteiger partial charge in [0.15, 0.2) is 0 Å². The van der Waals surface area contributed by atoms with Gasteiger partial charge in [0, 0.05) is 18.1 Å². The lowest BCUT2D eigenvalue weighted by molar-refractivity contribution is 0.198. The zero-order chi connectivity index (χ0) is 9.10. The summed E-state index contributed by atoms with van der Waals surface area (Å²) >= 11 is 5.55. The van der Waals surface area contributed by atoms with Gasteiger partial charge >= 0.3 is 0 Å². The molecule has 0 bridgehead atoms. The van der Waals surface area contributed by atoms with Gasteiger partial charge in [-0.2, -0.15) is 0 Å². The van der Waals surface area contributed by atoms with E-state index >= 15 is 0 Å². The first-order chi connectivity index (χ1) is 6.42. The van der Waals surface area contributed by atoms with Crippen molar-refractivity contribution in [2.24, 2.45) is 5.92 Å². The Kier molecular flexibility index (Phi) is 3.28. The van der Waals surface area contributed by atoms with Gasteiger partial charge in [-0.3, -0.25) is 4.90 Å². The van der Waals surface area contributed by atoms with Crippen molar-refractivity contribution in [3.63, 3.8) is 0 Å². The molecule has 0 aromatic rings. The molecule has 0 radical (unpaired) electrons. The summed E-state index contributed by atoms with van der Waals surface area (Å²) in [6.45, 7) is 2.35. The lowest BCUT2D eigenvalue weighted by atomic mass is 9.85. The van der Waals surface area contributed by atoms with Crippen molar-refractivity contribution in [1.82, 2.24) is 4.90 Å². The predicted octanol–water partition coefficient (Wildman–Crippen LogP) is 3.00. The van der Waals surface area contributed by atoms with Crippen LogP contribution in [0.2, 0.25) is 0 Å². The van der Waals surface area contributed by atoms with E-state index in [1.54, 1.807) is 5.54 Å². The molecule has 1 nitrogen and oxygen atoms in total. The van der Waals surface area contributed by atoms with Crippen LogP contribution in [0.25, 0.3) is 0 Å². The molecule has 1 aliphatic heterocycles. The van der Waals surface area contributed by atoms with Crippen LogP contribution in [0.15, 0.2) is 11.6 Å². The largest absolute Gasteiger partial charge is 0.296 e. The molecule has 2 unspecified atom stereocenters. The minimum absolute atomic E-state index is 0.876. The number of halogens is 1. The number of hydrogen-bond donors (Lipinski definition) is 0. The third-order valence-corrected chi connectivity index (χ3v) is 3.73. The summed E-state index contributed by atoms with van der Waals surface area (Å²) < 4.78 is 0. The number of likely N-dealkylation sites (tertiary alicyclic amines) is 1. The molecule has 1 heterocycles. The lowest BCUT2D eigenvalue weighted by Crippen LogP contribution is -2.34. The highest BCUT2D eigenvalue weighted by Gasteiger charge is 2.34. The van der Waals surface area contributed by atoms with Crippen molar-refractivity contribution in [1.29, 1.82) is 0 Å². The molecule has 0 spiro atoms. The van der Waals surface area contributed by atoms with Gasteiger partial charge in [-0.1, -0.05) is 30.5 Å². The molecule has 2 atom stereocenters. The SMILES string of the molecule is Cl/C=C/CN1CCC2CCCCC21. The molecule has 2 rings (SSSR count). The number of rotatable bonds is 2. The van der Waals surface area contributed by atoms with Gasteiger partial charge in [0.25, 0.3) is 0 Å². The van der Waals surface area contributed by atoms with Crippen LogP contribution in [0, 0.1) is 5.92 Å². The van der Waals surface area contributed by atoms with E-state index in [2.05, 4.69) is 11.0 Å². The third-order valence-electron chi connectivity index (χ3n) is 3.55. The monoisotopic (exact) mass is 199 g/mol. The van der Waals surface area contributed by atoms with Gasteiger partial charge in [0.2, 0.25) is 0 Å². The van der Waals surface area contributed by atoms with Crippen LogP contribution in [0.1, 0.15) is 32.1 Å². The minimum Gasteiger partial charge on any atom is -0.296 e. The molecule has 0 aromatic heterocycles. The average molecular weight is 200 g/mol. The van der Waals surface area contributed by atoms with E-state index in [-0.39, 0.29) is 0 Å². The Morgan fingerprint density at radius 2 is 2.08 bits per heavy atom. The van der Waals surface area contributed by atoms with Crippen molar-refractivity contribution >= 4 is 11.6 Å². The van der Waals surface area contributed by atoms with Gasteiger partial charge in [0.1, 0.15) is 0 Å². The van der Waals surface area contributed by atoms with E-state index in [1.165, 1.54) is 38.6 Å². The van der Waals surface area contributed by atoms with Crippen molar-refractivity contribution < 1.29 is 0 Å². The molecular weight excluding hydrogens is 182 g/mol. The molecular formula is C11H18ClN. The first-order valence-corrected chi connectivity index (χ1v) is 5.84. The quantitative estimate of drug-likeness (QED) is 0.661. The number of fused-ring (bicyclic) bond motifs is 1. The highest BCUT2D eigenvalue weighted by molar-refractivity contribution is 6.25. The fraction of sp³-hybridized carbons (Fsp3) is 0.818. The zero-order valence-corrected chi connectivity index (χ0v) is 8.84. The fourth-order valence-corrected chi connectivity index (χ4v) is 2.98. The van der Waals surface area contributed by atoms with Crippen molar-refractivity contribution in [2.45, 2.75) is 38.1 Å². The number of nitrogens with zero attached hydrogens (tertiary/aromatic N) is 1. The third kappa shape index (κ3) is 2.08. The molecule has 2 heteroatoms. The van der Waals surface area contributed by atoms with Crippen LogP contribution < -0.4 is 0 Å². The van der Waals surface area contributed by atoms with Crippen molar-refractivity contribution in [2.75, 3.05) is 13.1 Å². The van der Waals surface area contributed by atoms with Crippen LogP contribution in [-0.2, 0) is 0 Å². The summed E-state index contributed by atoms with van der Waals surface area (Å²) in [4.78, 5) is 2.60. The van der Waals surface area contributed by atoms with Crippen LogP contribution in [0.4, 0.5) is 0 Å². The molecule has 1 saturated heterocycles. The maximum absolute atomic E-state index is 5.55. The fourth-order valence-electron chi connectivity index (χ4n) is 2.90. The summed E-state index contributed by atoms with van der Waals surface area (Å²) in [6, 6.07) is 0.876. The van der Waals surface area contributed by atoms with Crippen LogP contribution in [0.3, 0.4) is 0 Å². The molecule has 2 fully saturated rings. The van der Waals surface area contributed by atoms with E-state index in [4.69, 9.17) is 11.6 Å². The summed E-state index contributed by atoms with van der Waals surface area (Å²) in [6.07, 6.45) is 9.26. The second-order valence-corrected chi connectivity index (χ2v) is 4.51. The van der Waals surface area contributed by atoms with Crippen LogP contribution >= 0.6 is 11.6 Å². The second-order valence-electron chi connectivity index (χ2n) is 4.26. The van der Waals surface area contributed by atoms with Gasteiger partial charge in [-0.25, -0.2) is 0 Å². The van der Waals surface area contributed by atoms with Gasteiger partial charge in [-0.05, 0) is 31.7 Å². The minimum atomic E-state index is 0.876. The normalized spacial score (nSPS) is 35.5. The number of hydrogen-bond acceptors (Lipinski definition) is 1. The zero-order valence-electron chi connectivity index (χ0n) is 8.08. The van der Waals surface area contributed by atoms with Crippen molar-refractivity contribution in [3.05, 3.63) is 11.6 Å². The smallest absolute Gasteiger partial charge is 0.0177 e. The van der Waals surface area contributed by atoms with Gasteiger partial charge in [-0.15, -0.1) is 0 Å². The molecule has 13 heavy (non-hydrogen) atoms. The van der Waals surface area contributed by atoms with E-state index in [0.29, 0.717) is 0 Å². The first-order valence-electron chi connectivity index (χ1n) is 5.41. The first kappa shape index (κ1) is 9.54. The maximum Gasteiger partial charge on any atom is 0.0177 e. The average Bonchev–Trinajstić information content (AvgIpc) is 2.58. The molecule has 1 aliphatic carbocycles. The maximum atomic E-state index is 5.55. The van der Waals surface area contributed by atoms with Crippen molar-refractivity contribution in [3.8, 4) is 0 Å². The predicted molar refractivity (Wildman–Crippen MR) is 56.9 cm³/mol. The Morgan fingerprint density at radius 3 is 2.92 bits per heavy atom. The van der Waals surface area contributed by atoms with E-state index in [9.17, 15) is 0 Å². The molecule has 74 valence electrons. The highest BCUT2D eigenvalue weighted by Crippen LogP contribution is 2.35. The molecule has 2 aliphatic rings. The molecule has 0 N–H and O–H groups in total. The Labute approximate surface area is 85.8 Å². The van der Waals surface area contributed by atoms with Gasteiger partial charge < -0.3 is 0 Å². The lowest BCUT2D eigenvalue weighted by Gasteiger charge is -2.30. The van der Waals surface area contributed by atoms with E-state index in [1.807, 2.05) is 0 Å². The van der Waals surface area contributed by atoms with E-state index < -0.39 is 0 Å². The topological polar surface area (TPSA) is 3.24 Å². The Balaban J connectivity index is 1.91. The molecule has 0 aromatic carbocycles. The molecule has 1 saturated carbocycles. The van der Waals surface area contributed by atoms with E-state index in [0.717, 1.165) is 18.5 Å². The second kappa shape index (κ2) is 4.47. The summed E-state index contributed by atoms with van der Waals surface area (Å²) in [5, 5.41) is 0. The van der Waals surface area contributed by atoms with Crippen LogP contribution in [-0.4, -0.2) is 24.0 Å². The molecule has 0 amide bonds. The van der Waals surface area contributed by atoms with Gasteiger partial charge in [0.05, 0.1) is 0 Å².